The van der Waals surface area contributed by atoms with Gasteiger partial charge in [0.05, 0.1) is 19.6 Å². The van der Waals surface area contributed by atoms with Crippen molar-refractivity contribution in [3.8, 4) is 0 Å². The van der Waals surface area contributed by atoms with Crippen molar-refractivity contribution in [3.63, 3.8) is 0 Å². The normalized spacial score (nSPS) is 10.3. The molecular formula is C13H25N3O4. The van der Waals surface area contributed by atoms with Gasteiger partial charge >= 0.3 is 5.97 Å². The quantitative estimate of drug-likeness (QED) is 0.454. The molecule has 0 aromatic heterocycles. The lowest BCUT2D eigenvalue weighted by molar-refractivity contribution is -0.137. The summed E-state index contributed by atoms with van der Waals surface area (Å²) in [7, 11) is 3.61. The summed E-state index contributed by atoms with van der Waals surface area (Å²) in [5.74, 6) is -1.02. The fraction of sp³-hybridized carbons (Fsp3) is 0.692. The highest BCUT2D eigenvalue weighted by atomic mass is 16.5. The number of methoxy groups -OCH3 is 1. The molecule has 0 rings (SSSR count). The van der Waals surface area contributed by atoms with E-state index in [0.717, 1.165) is 13.1 Å². The molecule has 0 heterocycles. The summed E-state index contributed by atoms with van der Waals surface area (Å²) in [6, 6.07) is 0. The third kappa shape index (κ3) is 11.5. The smallest absolute Gasteiger partial charge is 0.303 e. The number of hydrogen-bond acceptors (Lipinski definition) is 5. The number of nitrogens with one attached hydrogen (secondary N) is 2. The van der Waals surface area contributed by atoms with Gasteiger partial charge in [-0.05, 0) is 13.5 Å². The number of nitrogens with zero attached hydrogens (tertiary/aromatic N) is 1. The molecule has 0 bridgehead atoms. The number of carboxylic acid groups (broad SMARTS) is 1. The van der Waals surface area contributed by atoms with Crippen LogP contribution in [0.1, 0.15) is 12.8 Å². The number of carbonyl (C=O) groups excluding carboxylic acids is 1. The van der Waals surface area contributed by atoms with Crippen LogP contribution in [0.15, 0.2) is 12.3 Å². The largest absolute Gasteiger partial charge is 0.481 e. The van der Waals surface area contributed by atoms with Crippen LogP contribution in [0.2, 0.25) is 0 Å². The fourth-order valence-corrected chi connectivity index (χ4v) is 1.36. The van der Waals surface area contributed by atoms with Crippen molar-refractivity contribution in [1.29, 1.82) is 0 Å². The highest BCUT2D eigenvalue weighted by molar-refractivity contribution is 5.78. The summed E-state index contributed by atoms with van der Waals surface area (Å²) in [4.78, 5) is 23.9. The maximum atomic E-state index is 11.5. The van der Waals surface area contributed by atoms with Gasteiger partial charge in [0, 0.05) is 32.4 Å². The van der Waals surface area contributed by atoms with Crippen molar-refractivity contribution in [2.45, 2.75) is 12.8 Å². The Morgan fingerprint density at radius 2 is 1.95 bits per heavy atom. The number of carbonyl (C=O) groups is 2. The second-order valence-corrected chi connectivity index (χ2v) is 4.50. The predicted octanol–water partition coefficient (Wildman–Crippen LogP) is -0.351. The summed E-state index contributed by atoms with van der Waals surface area (Å²) in [5, 5.41) is 14.1. The average molecular weight is 287 g/mol. The van der Waals surface area contributed by atoms with Crippen LogP contribution >= 0.6 is 0 Å². The second kappa shape index (κ2) is 11.2. The van der Waals surface area contributed by atoms with Crippen molar-refractivity contribution >= 4 is 11.9 Å². The Morgan fingerprint density at radius 1 is 1.25 bits per heavy atom. The first-order chi connectivity index (χ1) is 9.45. The molecule has 0 aliphatic rings. The van der Waals surface area contributed by atoms with E-state index in [1.54, 1.807) is 7.11 Å². The Kier molecular flexibility index (Phi) is 10.3. The minimum atomic E-state index is -0.878. The molecule has 3 N–H and O–H groups in total. The zero-order chi connectivity index (χ0) is 15.4. The number of aliphatic carboxylic acids is 1. The Balaban J connectivity index is 3.58. The standard InChI is InChI=1S/C13H25N3O4/c1-11(4-5-13(18)19)15-10-12(17)14-6-7-16(2)8-9-20-3/h15H,1,4-10H2,2-3H3,(H,14,17)(H,18,19). The van der Waals surface area contributed by atoms with Crippen LogP contribution < -0.4 is 10.6 Å². The minimum Gasteiger partial charge on any atom is -0.481 e. The lowest BCUT2D eigenvalue weighted by Crippen LogP contribution is -2.38. The Morgan fingerprint density at radius 3 is 2.55 bits per heavy atom. The van der Waals surface area contributed by atoms with E-state index in [-0.39, 0.29) is 18.9 Å². The monoisotopic (exact) mass is 287 g/mol. The number of carboxylic acids is 1. The van der Waals surface area contributed by atoms with Crippen LogP contribution in [0.5, 0.6) is 0 Å². The van der Waals surface area contributed by atoms with Gasteiger partial charge in [-0.15, -0.1) is 0 Å². The van der Waals surface area contributed by atoms with Gasteiger partial charge in [-0.1, -0.05) is 6.58 Å². The maximum absolute atomic E-state index is 11.5. The van der Waals surface area contributed by atoms with E-state index in [9.17, 15) is 9.59 Å². The van der Waals surface area contributed by atoms with Gasteiger partial charge in [-0.2, -0.15) is 0 Å². The number of ether oxygens (including phenoxy) is 1. The van der Waals surface area contributed by atoms with Crippen molar-refractivity contribution in [2.75, 3.05) is 46.9 Å². The SMILES string of the molecule is C=C(CCC(=O)O)NCC(=O)NCCN(C)CCOC. The van der Waals surface area contributed by atoms with Crippen molar-refractivity contribution in [1.82, 2.24) is 15.5 Å². The van der Waals surface area contributed by atoms with E-state index in [0.29, 0.717) is 25.3 Å². The number of likely N-dealkylation sites (N-methyl/N-ethyl adjacent to an activating group) is 1. The fourth-order valence-electron chi connectivity index (χ4n) is 1.36. The van der Waals surface area contributed by atoms with Crippen LogP contribution in [0.25, 0.3) is 0 Å². The van der Waals surface area contributed by atoms with Crippen LogP contribution in [-0.2, 0) is 14.3 Å². The number of hydrogen-bond donors (Lipinski definition) is 3. The molecule has 0 aromatic carbocycles. The van der Waals surface area contributed by atoms with Gasteiger partial charge < -0.3 is 25.4 Å². The van der Waals surface area contributed by atoms with E-state index >= 15 is 0 Å². The molecule has 0 radical (unpaired) electrons. The summed E-state index contributed by atoms with van der Waals surface area (Å²) in [6.07, 6.45) is 0.333. The van der Waals surface area contributed by atoms with Crippen LogP contribution in [0.4, 0.5) is 0 Å². The molecule has 0 fully saturated rings. The van der Waals surface area contributed by atoms with E-state index in [2.05, 4.69) is 22.1 Å². The molecular weight excluding hydrogens is 262 g/mol. The summed E-state index contributed by atoms with van der Waals surface area (Å²) in [5.41, 5.74) is 0.555. The minimum absolute atomic E-state index is 0.0117. The second-order valence-electron chi connectivity index (χ2n) is 4.50. The summed E-state index contributed by atoms with van der Waals surface area (Å²) < 4.78 is 4.95. The van der Waals surface area contributed by atoms with Crippen LogP contribution in [0, 0.1) is 0 Å². The molecule has 7 heteroatoms. The highest BCUT2D eigenvalue weighted by Gasteiger charge is 2.04. The first-order valence-electron chi connectivity index (χ1n) is 6.53. The lowest BCUT2D eigenvalue weighted by Gasteiger charge is -2.16. The first-order valence-corrected chi connectivity index (χ1v) is 6.53. The number of amides is 1. The van der Waals surface area contributed by atoms with Gasteiger partial charge in [-0.25, -0.2) is 0 Å². The molecule has 0 aliphatic heterocycles. The molecule has 0 atom stereocenters. The zero-order valence-corrected chi connectivity index (χ0v) is 12.3. The van der Waals surface area contributed by atoms with E-state index in [1.165, 1.54) is 0 Å². The van der Waals surface area contributed by atoms with Crippen molar-refractivity contribution in [2.24, 2.45) is 0 Å². The highest BCUT2D eigenvalue weighted by Crippen LogP contribution is 1.97. The van der Waals surface area contributed by atoms with Gasteiger partial charge in [0.15, 0.2) is 0 Å². The van der Waals surface area contributed by atoms with Gasteiger partial charge in [0.2, 0.25) is 5.91 Å². The summed E-state index contributed by atoms with van der Waals surface area (Å²) in [6.45, 7) is 6.56. The summed E-state index contributed by atoms with van der Waals surface area (Å²) >= 11 is 0. The lowest BCUT2D eigenvalue weighted by atomic mass is 10.2. The van der Waals surface area contributed by atoms with Gasteiger partial charge in [0.1, 0.15) is 0 Å². The van der Waals surface area contributed by atoms with E-state index in [1.807, 2.05) is 7.05 Å². The Labute approximate surface area is 120 Å². The zero-order valence-electron chi connectivity index (χ0n) is 12.3. The Bertz CT molecular complexity index is 321. The van der Waals surface area contributed by atoms with Crippen LogP contribution in [-0.4, -0.2) is 68.8 Å². The molecule has 116 valence electrons. The Hall–Kier alpha value is -1.60. The number of allylic oxidation sites excluding steroid dienone is 1. The van der Waals surface area contributed by atoms with Crippen LogP contribution in [0.3, 0.4) is 0 Å². The number of rotatable bonds is 12. The molecule has 0 aliphatic carbocycles. The third-order valence-electron chi connectivity index (χ3n) is 2.63. The molecule has 0 aromatic rings. The molecule has 1 amide bonds. The van der Waals surface area contributed by atoms with Gasteiger partial charge in [0.25, 0.3) is 0 Å². The average Bonchev–Trinajstić information content (AvgIpc) is 2.40. The van der Waals surface area contributed by atoms with E-state index in [4.69, 9.17) is 9.84 Å². The van der Waals surface area contributed by atoms with E-state index < -0.39 is 5.97 Å². The first kappa shape index (κ1) is 18.4. The third-order valence-corrected chi connectivity index (χ3v) is 2.63. The molecule has 0 saturated carbocycles. The topological polar surface area (TPSA) is 90.9 Å². The molecule has 20 heavy (non-hydrogen) atoms. The predicted molar refractivity (Wildman–Crippen MR) is 76.4 cm³/mol. The van der Waals surface area contributed by atoms with Crippen molar-refractivity contribution < 1.29 is 19.4 Å². The maximum Gasteiger partial charge on any atom is 0.303 e. The van der Waals surface area contributed by atoms with Crippen molar-refractivity contribution in [3.05, 3.63) is 12.3 Å². The molecule has 0 unspecified atom stereocenters. The molecule has 0 spiro atoms. The molecule has 0 saturated heterocycles. The van der Waals surface area contributed by atoms with Gasteiger partial charge in [-0.3, -0.25) is 9.59 Å². The molecule has 7 nitrogen and oxygen atoms in total.